The number of hydrogen-bond donors (Lipinski definition) is 1. The summed E-state index contributed by atoms with van der Waals surface area (Å²) >= 11 is 0. The second-order valence-corrected chi connectivity index (χ2v) is 6.23. The van der Waals surface area contributed by atoms with Crippen molar-refractivity contribution in [2.75, 3.05) is 0 Å². The van der Waals surface area contributed by atoms with E-state index in [-0.39, 0.29) is 16.2 Å². The first-order valence-electron chi connectivity index (χ1n) is 5.91. The van der Waals surface area contributed by atoms with E-state index in [1.807, 2.05) is 6.92 Å². The lowest BCUT2D eigenvalue weighted by Crippen LogP contribution is -2.09. The Hall–Kier alpha value is -2.15. The summed E-state index contributed by atoms with van der Waals surface area (Å²) in [6.45, 7) is 1.81. The molecule has 0 unspecified atom stereocenters. The lowest BCUT2D eigenvalue weighted by atomic mass is 10.1. The van der Waals surface area contributed by atoms with Crippen molar-refractivity contribution >= 4 is 15.8 Å². The van der Waals surface area contributed by atoms with E-state index < -0.39 is 15.8 Å². The maximum Gasteiger partial charge on any atom is 0.335 e. The van der Waals surface area contributed by atoms with Crippen molar-refractivity contribution in [3.8, 4) is 0 Å². The van der Waals surface area contributed by atoms with Gasteiger partial charge in [-0.25, -0.2) is 13.2 Å². The minimum atomic E-state index is -3.65. The van der Waals surface area contributed by atoms with Crippen LogP contribution in [-0.4, -0.2) is 24.7 Å². The molecule has 0 amide bonds. The van der Waals surface area contributed by atoms with Crippen molar-refractivity contribution in [2.45, 2.75) is 24.0 Å². The van der Waals surface area contributed by atoms with Crippen LogP contribution in [0.3, 0.4) is 0 Å². The summed E-state index contributed by atoms with van der Waals surface area (Å²) in [7, 11) is -3.65. The Bertz CT molecular complexity index is 719. The van der Waals surface area contributed by atoms with Gasteiger partial charge in [0, 0.05) is 5.56 Å². The molecule has 7 heteroatoms. The first kappa shape index (κ1) is 14.3. The van der Waals surface area contributed by atoms with Gasteiger partial charge >= 0.3 is 5.97 Å². The number of aryl methyl sites for hydroxylation is 1. The summed E-state index contributed by atoms with van der Waals surface area (Å²) in [5.41, 5.74) is 0.963. The standard InChI is InChI=1S/C13H13NO5S/c1-2-10-3-4-11(13(15)16)5-12(10)20(17,18)8-9-6-14-19-7-9/h3-7H,2,8H2,1H3,(H,15,16). The number of carboxylic acids is 1. The molecule has 6 nitrogen and oxygen atoms in total. The number of carbonyl (C=O) groups is 1. The molecular formula is C13H13NO5S. The zero-order valence-electron chi connectivity index (χ0n) is 10.7. The highest BCUT2D eigenvalue weighted by Gasteiger charge is 2.21. The molecule has 0 fully saturated rings. The van der Waals surface area contributed by atoms with Crippen LogP contribution < -0.4 is 0 Å². The molecular weight excluding hydrogens is 282 g/mol. The van der Waals surface area contributed by atoms with E-state index in [2.05, 4.69) is 9.68 Å². The van der Waals surface area contributed by atoms with Crippen LogP contribution in [0.1, 0.15) is 28.4 Å². The molecule has 1 aromatic heterocycles. The van der Waals surface area contributed by atoms with Gasteiger partial charge in [0.15, 0.2) is 9.84 Å². The molecule has 20 heavy (non-hydrogen) atoms. The molecule has 2 rings (SSSR count). The van der Waals surface area contributed by atoms with Gasteiger partial charge in [0.2, 0.25) is 0 Å². The summed E-state index contributed by atoms with van der Waals surface area (Å²) in [6.07, 6.45) is 3.08. The fourth-order valence-electron chi connectivity index (χ4n) is 1.86. The Labute approximate surface area is 115 Å². The predicted molar refractivity (Wildman–Crippen MR) is 70.2 cm³/mol. The molecule has 1 heterocycles. The van der Waals surface area contributed by atoms with Gasteiger partial charge in [-0.3, -0.25) is 0 Å². The van der Waals surface area contributed by atoms with Crippen LogP contribution in [0.15, 0.2) is 40.1 Å². The molecule has 0 aliphatic rings. The minimum Gasteiger partial charge on any atom is -0.478 e. The zero-order valence-corrected chi connectivity index (χ0v) is 11.6. The summed E-state index contributed by atoms with van der Waals surface area (Å²) in [4.78, 5) is 11.0. The monoisotopic (exact) mass is 295 g/mol. The van der Waals surface area contributed by atoms with Crippen molar-refractivity contribution in [3.63, 3.8) is 0 Å². The topological polar surface area (TPSA) is 97.5 Å². The molecule has 0 bridgehead atoms. The summed E-state index contributed by atoms with van der Waals surface area (Å²) in [5, 5.41) is 12.4. The fourth-order valence-corrected chi connectivity index (χ4v) is 3.52. The molecule has 0 spiro atoms. The molecule has 0 atom stereocenters. The highest BCUT2D eigenvalue weighted by Crippen LogP contribution is 2.22. The van der Waals surface area contributed by atoms with Crippen molar-refractivity contribution < 1.29 is 22.8 Å². The van der Waals surface area contributed by atoms with E-state index in [1.54, 1.807) is 0 Å². The van der Waals surface area contributed by atoms with Crippen LogP contribution in [0.25, 0.3) is 0 Å². The Morgan fingerprint density at radius 2 is 2.15 bits per heavy atom. The Morgan fingerprint density at radius 3 is 2.70 bits per heavy atom. The van der Waals surface area contributed by atoms with E-state index >= 15 is 0 Å². The molecule has 1 aromatic carbocycles. The number of carboxylic acid groups (broad SMARTS) is 1. The van der Waals surface area contributed by atoms with E-state index in [0.29, 0.717) is 17.5 Å². The Kier molecular flexibility index (Phi) is 3.89. The molecule has 0 aliphatic carbocycles. The highest BCUT2D eigenvalue weighted by molar-refractivity contribution is 7.90. The summed E-state index contributed by atoms with van der Waals surface area (Å²) < 4.78 is 29.4. The van der Waals surface area contributed by atoms with Crippen LogP contribution in [0, 0.1) is 0 Å². The quantitative estimate of drug-likeness (QED) is 0.904. The molecule has 1 N–H and O–H groups in total. The first-order valence-corrected chi connectivity index (χ1v) is 7.56. The number of aromatic nitrogens is 1. The van der Waals surface area contributed by atoms with Gasteiger partial charge in [0.25, 0.3) is 0 Å². The van der Waals surface area contributed by atoms with Gasteiger partial charge in [-0.2, -0.15) is 0 Å². The normalized spacial score (nSPS) is 11.4. The van der Waals surface area contributed by atoms with Crippen LogP contribution in [0.5, 0.6) is 0 Å². The number of nitrogens with zero attached hydrogens (tertiary/aromatic N) is 1. The molecule has 2 aromatic rings. The van der Waals surface area contributed by atoms with E-state index in [1.165, 1.54) is 30.7 Å². The second kappa shape index (κ2) is 5.46. The van der Waals surface area contributed by atoms with Gasteiger partial charge in [-0.05, 0) is 24.1 Å². The third kappa shape index (κ3) is 2.88. The Morgan fingerprint density at radius 1 is 1.40 bits per heavy atom. The van der Waals surface area contributed by atoms with Gasteiger partial charge < -0.3 is 9.63 Å². The number of hydrogen-bond acceptors (Lipinski definition) is 5. The lowest BCUT2D eigenvalue weighted by Gasteiger charge is -2.09. The molecule has 0 aliphatic heterocycles. The fraction of sp³-hybridized carbons (Fsp3) is 0.231. The van der Waals surface area contributed by atoms with Crippen LogP contribution >= 0.6 is 0 Å². The molecule has 0 saturated carbocycles. The van der Waals surface area contributed by atoms with Crippen molar-refractivity contribution in [1.29, 1.82) is 0 Å². The lowest BCUT2D eigenvalue weighted by molar-refractivity contribution is 0.0696. The number of rotatable bonds is 5. The smallest absolute Gasteiger partial charge is 0.335 e. The van der Waals surface area contributed by atoms with Crippen molar-refractivity contribution in [2.24, 2.45) is 0 Å². The van der Waals surface area contributed by atoms with E-state index in [9.17, 15) is 13.2 Å². The van der Waals surface area contributed by atoms with Gasteiger partial charge in [0.1, 0.15) is 6.26 Å². The van der Waals surface area contributed by atoms with Crippen molar-refractivity contribution in [3.05, 3.63) is 47.3 Å². The maximum absolute atomic E-state index is 12.4. The largest absolute Gasteiger partial charge is 0.478 e. The zero-order chi connectivity index (χ0) is 14.8. The number of sulfone groups is 1. The van der Waals surface area contributed by atoms with Gasteiger partial charge in [-0.1, -0.05) is 18.1 Å². The highest BCUT2D eigenvalue weighted by atomic mass is 32.2. The van der Waals surface area contributed by atoms with Gasteiger partial charge in [-0.15, -0.1) is 0 Å². The van der Waals surface area contributed by atoms with Crippen molar-refractivity contribution in [1.82, 2.24) is 5.16 Å². The molecule has 0 saturated heterocycles. The van der Waals surface area contributed by atoms with E-state index in [4.69, 9.17) is 5.11 Å². The number of benzene rings is 1. The second-order valence-electron chi connectivity index (χ2n) is 4.27. The average Bonchev–Trinajstić information content (AvgIpc) is 2.90. The predicted octanol–water partition coefficient (Wildman–Crippen LogP) is 1.91. The van der Waals surface area contributed by atoms with Crippen LogP contribution in [-0.2, 0) is 22.0 Å². The Balaban J connectivity index is 2.48. The van der Waals surface area contributed by atoms with Crippen LogP contribution in [0.4, 0.5) is 0 Å². The molecule has 106 valence electrons. The summed E-state index contributed by atoms with van der Waals surface area (Å²) in [6, 6.07) is 4.13. The van der Waals surface area contributed by atoms with Crippen LogP contribution in [0.2, 0.25) is 0 Å². The van der Waals surface area contributed by atoms with Gasteiger partial charge in [0.05, 0.1) is 22.4 Å². The first-order chi connectivity index (χ1) is 9.44. The summed E-state index contributed by atoms with van der Waals surface area (Å²) in [5.74, 6) is -1.43. The molecule has 0 radical (unpaired) electrons. The SMILES string of the molecule is CCc1ccc(C(=O)O)cc1S(=O)(=O)Cc1cnoc1. The maximum atomic E-state index is 12.4. The van der Waals surface area contributed by atoms with E-state index in [0.717, 1.165) is 0 Å². The third-order valence-electron chi connectivity index (χ3n) is 2.87. The number of aromatic carboxylic acids is 1. The average molecular weight is 295 g/mol. The third-order valence-corrected chi connectivity index (χ3v) is 4.63. The minimum absolute atomic E-state index is 0.0427.